The molecule has 0 radical (unpaired) electrons. The minimum absolute atomic E-state index is 0.166. The Labute approximate surface area is 106 Å². The van der Waals surface area contributed by atoms with Crippen molar-refractivity contribution in [2.24, 2.45) is 11.3 Å². The summed E-state index contributed by atoms with van der Waals surface area (Å²) >= 11 is 0. The van der Waals surface area contributed by atoms with Gasteiger partial charge in [0.25, 0.3) is 0 Å². The fourth-order valence-corrected chi connectivity index (χ4v) is 2.37. The van der Waals surface area contributed by atoms with Gasteiger partial charge < -0.3 is 4.74 Å². The Balaban J connectivity index is 2.00. The summed E-state index contributed by atoms with van der Waals surface area (Å²) in [5.41, 5.74) is -0.166. The van der Waals surface area contributed by atoms with Crippen LogP contribution in [0.25, 0.3) is 0 Å². The molecule has 0 aliphatic heterocycles. The first-order valence-electron chi connectivity index (χ1n) is 7.06. The van der Waals surface area contributed by atoms with Crippen LogP contribution in [0.1, 0.15) is 65.7 Å². The highest BCUT2D eigenvalue weighted by Gasteiger charge is 2.19. The van der Waals surface area contributed by atoms with Crippen molar-refractivity contribution in [1.82, 2.24) is 0 Å². The van der Waals surface area contributed by atoms with Gasteiger partial charge in [0.05, 0.1) is 17.6 Å². The van der Waals surface area contributed by atoms with Gasteiger partial charge in [0.2, 0.25) is 0 Å². The Kier molecular flexibility index (Phi) is 5.98. The summed E-state index contributed by atoms with van der Waals surface area (Å²) in [5, 5.41) is 8.90. The lowest BCUT2D eigenvalue weighted by atomic mass is 9.88. The van der Waals surface area contributed by atoms with Gasteiger partial charge in [-0.05, 0) is 64.7 Å². The highest BCUT2D eigenvalue weighted by Crippen LogP contribution is 2.26. The predicted octanol–water partition coefficient (Wildman–Crippen LogP) is 4.30. The largest absolute Gasteiger partial charge is 0.378 e. The van der Waals surface area contributed by atoms with Crippen molar-refractivity contribution in [3.63, 3.8) is 0 Å². The molecule has 0 amide bonds. The van der Waals surface area contributed by atoms with Crippen molar-refractivity contribution in [2.75, 3.05) is 6.61 Å². The van der Waals surface area contributed by atoms with Gasteiger partial charge >= 0.3 is 0 Å². The molecule has 0 saturated heterocycles. The van der Waals surface area contributed by atoms with E-state index in [0.29, 0.717) is 6.10 Å². The molecule has 0 heterocycles. The zero-order valence-corrected chi connectivity index (χ0v) is 11.7. The van der Waals surface area contributed by atoms with Crippen LogP contribution in [-0.2, 0) is 4.74 Å². The van der Waals surface area contributed by atoms with Crippen LogP contribution in [0.4, 0.5) is 0 Å². The number of hydrogen-bond donors (Lipinski definition) is 0. The third-order valence-electron chi connectivity index (χ3n) is 3.82. The molecule has 17 heavy (non-hydrogen) atoms. The summed E-state index contributed by atoms with van der Waals surface area (Å²) < 4.78 is 5.90. The van der Waals surface area contributed by atoms with E-state index < -0.39 is 0 Å². The summed E-state index contributed by atoms with van der Waals surface area (Å²) in [6.07, 6.45) is 8.82. The molecule has 1 rings (SSSR count). The van der Waals surface area contributed by atoms with E-state index in [-0.39, 0.29) is 5.41 Å². The summed E-state index contributed by atoms with van der Waals surface area (Å²) in [7, 11) is 0. The van der Waals surface area contributed by atoms with Gasteiger partial charge in [0.1, 0.15) is 0 Å². The Hall–Kier alpha value is -0.550. The maximum atomic E-state index is 8.90. The van der Waals surface area contributed by atoms with Gasteiger partial charge in [-0.15, -0.1) is 0 Å². The first-order valence-corrected chi connectivity index (χ1v) is 7.06. The van der Waals surface area contributed by atoms with Gasteiger partial charge in [-0.3, -0.25) is 0 Å². The van der Waals surface area contributed by atoms with Gasteiger partial charge in [-0.1, -0.05) is 6.92 Å². The zero-order valence-electron chi connectivity index (χ0n) is 11.7. The second-order valence-corrected chi connectivity index (χ2v) is 6.21. The standard InChI is InChI=1S/C15H27NO/c1-13-6-8-14(9-7-13)17-11-5-4-10-15(2,3)12-16/h13-14H,4-11H2,1-3H3. The summed E-state index contributed by atoms with van der Waals surface area (Å²) in [5.74, 6) is 0.895. The van der Waals surface area contributed by atoms with Crippen molar-refractivity contribution in [3.8, 4) is 6.07 Å². The molecule has 0 aromatic carbocycles. The van der Waals surface area contributed by atoms with E-state index in [2.05, 4.69) is 13.0 Å². The molecule has 1 aliphatic rings. The third kappa shape index (κ3) is 6.07. The molecule has 0 atom stereocenters. The lowest BCUT2D eigenvalue weighted by Gasteiger charge is -2.26. The predicted molar refractivity (Wildman–Crippen MR) is 70.6 cm³/mol. The van der Waals surface area contributed by atoms with Crippen LogP contribution < -0.4 is 0 Å². The Morgan fingerprint density at radius 3 is 2.41 bits per heavy atom. The molecule has 0 unspecified atom stereocenters. The van der Waals surface area contributed by atoms with Crippen molar-refractivity contribution < 1.29 is 4.74 Å². The fourth-order valence-electron chi connectivity index (χ4n) is 2.37. The second-order valence-electron chi connectivity index (χ2n) is 6.21. The molecule has 0 spiro atoms. The van der Waals surface area contributed by atoms with Gasteiger partial charge in [-0.2, -0.15) is 5.26 Å². The summed E-state index contributed by atoms with van der Waals surface area (Å²) in [6, 6.07) is 2.35. The van der Waals surface area contributed by atoms with Crippen LogP contribution in [0.2, 0.25) is 0 Å². The van der Waals surface area contributed by atoms with Crippen molar-refractivity contribution in [2.45, 2.75) is 71.8 Å². The summed E-state index contributed by atoms with van der Waals surface area (Å²) in [4.78, 5) is 0. The zero-order chi connectivity index (χ0) is 12.7. The molecule has 0 N–H and O–H groups in total. The average Bonchev–Trinajstić information content (AvgIpc) is 2.31. The minimum Gasteiger partial charge on any atom is -0.378 e. The van der Waals surface area contributed by atoms with Gasteiger partial charge in [0, 0.05) is 6.61 Å². The number of hydrogen-bond acceptors (Lipinski definition) is 2. The van der Waals surface area contributed by atoms with Crippen molar-refractivity contribution in [1.29, 1.82) is 5.26 Å². The highest BCUT2D eigenvalue weighted by molar-refractivity contribution is 4.91. The van der Waals surface area contributed by atoms with E-state index in [4.69, 9.17) is 10.00 Å². The quantitative estimate of drug-likeness (QED) is 0.645. The van der Waals surface area contributed by atoms with Crippen LogP contribution in [0.15, 0.2) is 0 Å². The van der Waals surface area contributed by atoms with Gasteiger partial charge in [-0.25, -0.2) is 0 Å². The molecule has 0 bridgehead atoms. The van der Waals surface area contributed by atoms with Crippen molar-refractivity contribution >= 4 is 0 Å². The number of rotatable bonds is 6. The summed E-state index contributed by atoms with van der Waals surface area (Å²) in [6.45, 7) is 7.23. The SMILES string of the molecule is CC1CCC(OCCCCC(C)(C)C#N)CC1. The maximum absolute atomic E-state index is 8.90. The van der Waals surface area contributed by atoms with E-state index >= 15 is 0 Å². The molecule has 1 fully saturated rings. The molecule has 0 aromatic rings. The first-order chi connectivity index (χ1) is 8.03. The fraction of sp³-hybridized carbons (Fsp3) is 0.933. The second kappa shape index (κ2) is 7.01. The normalized spacial score (nSPS) is 25.5. The van der Waals surface area contributed by atoms with E-state index in [1.165, 1.54) is 25.7 Å². The Morgan fingerprint density at radius 1 is 1.18 bits per heavy atom. The number of nitrogens with zero attached hydrogens (tertiary/aromatic N) is 1. The topological polar surface area (TPSA) is 33.0 Å². The van der Waals surface area contributed by atoms with Crippen LogP contribution in [-0.4, -0.2) is 12.7 Å². The van der Waals surface area contributed by atoms with Gasteiger partial charge in [0.15, 0.2) is 0 Å². The van der Waals surface area contributed by atoms with Crippen LogP contribution >= 0.6 is 0 Å². The van der Waals surface area contributed by atoms with Crippen LogP contribution in [0, 0.1) is 22.7 Å². The molecule has 2 nitrogen and oxygen atoms in total. The lowest BCUT2D eigenvalue weighted by Crippen LogP contribution is -2.21. The Bertz CT molecular complexity index is 246. The lowest BCUT2D eigenvalue weighted by molar-refractivity contribution is 0.0174. The molecular weight excluding hydrogens is 210 g/mol. The van der Waals surface area contributed by atoms with Crippen LogP contribution in [0.3, 0.4) is 0 Å². The van der Waals surface area contributed by atoms with E-state index in [1.54, 1.807) is 0 Å². The highest BCUT2D eigenvalue weighted by atomic mass is 16.5. The van der Waals surface area contributed by atoms with E-state index in [1.807, 2.05) is 13.8 Å². The number of unbranched alkanes of at least 4 members (excludes halogenated alkanes) is 1. The molecule has 1 aliphatic carbocycles. The monoisotopic (exact) mass is 237 g/mol. The molecule has 0 aromatic heterocycles. The van der Waals surface area contributed by atoms with E-state index in [9.17, 15) is 0 Å². The maximum Gasteiger partial charge on any atom is 0.0683 e. The molecule has 98 valence electrons. The first kappa shape index (κ1) is 14.5. The smallest absolute Gasteiger partial charge is 0.0683 e. The average molecular weight is 237 g/mol. The van der Waals surface area contributed by atoms with E-state index in [0.717, 1.165) is 31.8 Å². The third-order valence-corrected chi connectivity index (χ3v) is 3.82. The molecule has 2 heteroatoms. The molecule has 1 saturated carbocycles. The number of ether oxygens (including phenoxy) is 1. The Morgan fingerprint density at radius 2 is 1.82 bits per heavy atom. The minimum atomic E-state index is -0.166. The number of nitriles is 1. The van der Waals surface area contributed by atoms with Crippen LogP contribution in [0.5, 0.6) is 0 Å². The molecular formula is C15H27NO. The van der Waals surface area contributed by atoms with Crippen molar-refractivity contribution in [3.05, 3.63) is 0 Å².